The number of carbonyl (C=O) groups excluding carboxylic acids is 1. The number of hydrogen-bond donors (Lipinski definition) is 1. The molecule has 0 radical (unpaired) electrons. The molecule has 0 bridgehead atoms. The van der Waals surface area contributed by atoms with Gasteiger partial charge in [0.15, 0.2) is 17.0 Å². The topological polar surface area (TPSA) is 123 Å². The molecule has 1 amide bonds. The number of hydrogen-bond acceptors (Lipinski definition) is 8. The van der Waals surface area contributed by atoms with Crippen LogP contribution in [-0.2, 0) is 27.4 Å². The first kappa shape index (κ1) is 27.8. The third-order valence-corrected chi connectivity index (χ3v) is 7.30. The van der Waals surface area contributed by atoms with E-state index in [2.05, 4.69) is 34.2 Å². The Hall–Kier alpha value is -3.73. The van der Waals surface area contributed by atoms with Crippen LogP contribution in [0.5, 0.6) is 0 Å². The van der Waals surface area contributed by atoms with Gasteiger partial charge in [-0.05, 0) is 50.7 Å². The molecule has 1 saturated carbocycles. The molecule has 2 fully saturated rings. The number of amides is 1. The Morgan fingerprint density at radius 2 is 1.77 bits per heavy atom. The second-order valence-electron chi connectivity index (χ2n) is 11.5. The fourth-order valence-electron chi connectivity index (χ4n) is 5.34. The summed E-state index contributed by atoms with van der Waals surface area (Å²) >= 11 is 0. The lowest BCUT2D eigenvalue weighted by molar-refractivity contribution is -0.137. The van der Waals surface area contributed by atoms with E-state index in [-0.39, 0.29) is 19.0 Å². The predicted octanol–water partition coefficient (Wildman–Crippen LogP) is 4.74. The molecule has 1 saturated heterocycles. The smallest absolute Gasteiger partial charge is 0.417 e. The summed E-state index contributed by atoms with van der Waals surface area (Å²) < 4.78 is 12.8. The van der Waals surface area contributed by atoms with Crippen molar-refractivity contribution >= 4 is 35.0 Å². The zero-order valence-electron chi connectivity index (χ0n) is 23.5. The molecule has 3 heterocycles. The maximum Gasteiger partial charge on any atom is 0.417 e. The van der Waals surface area contributed by atoms with Gasteiger partial charge in [-0.3, -0.25) is 4.79 Å². The Morgan fingerprint density at radius 3 is 2.42 bits per heavy atom. The third-order valence-electron chi connectivity index (χ3n) is 7.30. The highest BCUT2D eigenvalue weighted by molar-refractivity contribution is 5.90. The van der Waals surface area contributed by atoms with Crippen molar-refractivity contribution in [3.05, 3.63) is 41.7 Å². The molecule has 2 aliphatic rings. The van der Waals surface area contributed by atoms with Gasteiger partial charge in [0.1, 0.15) is 12.1 Å². The lowest BCUT2D eigenvalue weighted by atomic mass is 9.84. The maximum atomic E-state index is 13.6. The number of carboxylic acids is 1. The number of morpholine rings is 1. The van der Waals surface area contributed by atoms with Gasteiger partial charge in [-0.15, -0.1) is 0 Å². The summed E-state index contributed by atoms with van der Waals surface area (Å²) in [6, 6.07) is 8.42. The molecule has 0 spiro atoms. The minimum absolute atomic E-state index is 0.131. The van der Waals surface area contributed by atoms with Crippen LogP contribution in [0.3, 0.4) is 0 Å². The van der Waals surface area contributed by atoms with E-state index in [0.717, 1.165) is 5.56 Å². The lowest BCUT2D eigenvalue weighted by Gasteiger charge is -2.30. The molecule has 1 aromatic carbocycles. The van der Waals surface area contributed by atoms with Crippen LogP contribution >= 0.6 is 0 Å². The van der Waals surface area contributed by atoms with Crippen molar-refractivity contribution in [2.45, 2.75) is 77.5 Å². The van der Waals surface area contributed by atoms with Crippen molar-refractivity contribution in [2.24, 2.45) is 0 Å². The van der Waals surface area contributed by atoms with E-state index in [0.29, 0.717) is 49.2 Å². The normalized spacial score (nSPS) is 16.7. The van der Waals surface area contributed by atoms with Gasteiger partial charge < -0.3 is 24.0 Å². The number of carbonyl (C=O) groups is 2. The van der Waals surface area contributed by atoms with Crippen LogP contribution in [0.15, 0.2) is 30.6 Å². The summed E-state index contributed by atoms with van der Waals surface area (Å²) in [6.45, 7) is 7.55. The Bertz CT molecular complexity index is 1340. The number of imidazole rings is 1. The van der Waals surface area contributed by atoms with Gasteiger partial charge in [-0.25, -0.2) is 14.7 Å². The Balaban J connectivity index is 1.54. The van der Waals surface area contributed by atoms with Gasteiger partial charge in [0.05, 0.1) is 26.1 Å². The SMILES string of the molecule is CC(C)(C)OC(=O)N(Cc1ccc(C2CCCCC2)cc1)c1nc(N2CCOCC2)c2ncn(CC(=O)O)c2n1. The number of anilines is 2. The van der Waals surface area contributed by atoms with Crippen molar-refractivity contribution in [1.82, 2.24) is 19.5 Å². The standard InChI is InChI=1S/C29H38N6O5/c1-29(2,3)40-28(38)35(17-20-9-11-22(12-10-20)21-7-5-4-6-8-21)27-31-25(33-13-15-39-16-14-33)24-26(32-27)34(19-30-24)18-23(36)37/h9-12,19,21H,4-8,13-18H2,1-3H3,(H,36,37). The molecule has 40 heavy (non-hydrogen) atoms. The molecule has 0 atom stereocenters. The van der Waals surface area contributed by atoms with E-state index in [1.807, 2.05) is 25.7 Å². The number of benzene rings is 1. The van der Waals surface area contributed by atoms with E-state index in [9.17, 15) is 14.7 Å². The van der Waals surface area contributed by atoms with Crippen LogP contribution in [0.1, 0.15) is 69.9 Å². The largest absolute Gasteiger partial charge is 0.480 e. The first-order chi connectivity index (χ1) is 19.2. The molecule has 11 nitrogen and oxygen atoms in total. The molecule has 0 unspecified atom stereocenters. The van der Waals surface area contributed by atoms with E-state index in [4.69, 9.17) is 14.5 Å². The van der Waals surface area contributed by atoms with E-state index in [1.54, 1.807) is 0 Å². The van der Waals surface area contributed by atoms with Gasteiger partial charge in [0.25, 0.3) is 0 Å². The number of aliphatic carboxylic acids is 1. The molecule has 1 aliphatic heterocycles. The van der Waals surface area contributed by atoms with Crippen LogP contribution < -0.4 is 9.80 Å². The van der Waals surface area contributed by atoms with Crippen molar-refractivity contribution < 1.29 is 24.2 Å². The number of carboxylic acid groups (broad SMARTS) is 1. The molecular weight excluding hydrogens is 512 g/mol. The molecular formula is C29H38N6O5. The molecule has 1 aliphatic carbocycles. The monoisotopic (exact) mass is 550 g/mol. The van der Waals surface area contributed by atoms with Crippen LogP contribution in [0, 0.1) is 0 Å². The lowest BCUT2D eigenvalue weighted by Crippen LogP contribution is -2.39. The van der Waals surface area contributed by atoms with Crippen LogP contribution in [0.25, 0.3) is 11.2 Å². The zero-order valence-corrected chi connectivity index (χ0v) is 23.5. The van der Waals surface area contributed by atoms with Gasteiger partial charge in [0.2, 0.25) is 5.95 Å². The van der Waals surface area contributed by atoms with Crippen molar-refractivity contribution in [1.29, 1.82) is 0 Å². The summed E-state index contributed by atoms with van der Waals surface area (Å²) in [5.41, 5.74) is 2.34. The predicted molar refractivity (Wildman–Crippen MR) is 151 cm³/mol. The van der Waals surface area contributed by atoms with Gasteiger partial charge in [0, 0.05) is 13.1 Å². The van der Waals surface area contributed by atoms with E-state index >= 15 is 0 Å². The summed E-state index contributed by atoms with van der Waals surface area (Å²) in [4.78, 5) is 42.5. The molecule has 5 rings (SSSR count). The Labute approximate surface area is 234 Å². The van der Waals surface area contributed by atoms with Gasteiger partial charge in [-0.1, -0.05) is 43.5 Å². The highest BCUT2D eigenvalue weighted by Crippen LogP contribution is 2.33. The fourth-order valence-corrected chi connectivity index (χ4v) is 5.34. The van der Waals surface area contributed by atoms with Gasteiger partial charge in [-0.2, -0.15) is 9.97 Å². The summed E-state index contributed by atoms with van der Waals surface area (Å²) in [5, 5.41) is 9.46. The number of fused-ring (bicyclic) bond motifs is 1. The molecule has 2 aromatic heterocycles. The Kier molecular flexibility index (Phi) is 8.20. The second kappa shape index (κ2) is 11.8. The minimum Gasteiger partial charge on any atom is -0.480 e. The van der Waals surface area contributed by atoms with E-state index in [1.165, 1.54) is 53.5 Å². The Morgan fingerprint density at radius 1 is 1.07 bits per heavy atom. The first-order valence-corrected chi connectivity index (χ1v) is 14.0. The second-order valence-corrected chi connectivity index (χ2v) is 11.5. The number of rotatable bonds is 7. The zero-order chi connectivity index (χ0) is 28.3. The average Bonchev–Trinajstić information content (AvgIpc) is 3.33. The number of nitrogens with zero attached hydrogens (tertiary/aromatic N) is 6. The quantitative estimate of drug-likeness (QED) is 0.444. The summed E-state index contributed by atoms with van der Waals surface area (Å²) in [5.74, 6) is 0.232. The van der Waals surface area contributed by atoms with Crippen molar-refractivity contribution in [3.63, 3.8) is 0 Å². The van der Waals surface area contributed by atoms with Crippen LogP contribution in [-0.4, -0.2) is 68.6 Å². The molecule has 1 N–H and O–H groups in total. The molecule has 11 heteroatoms. The number of aromatic nitrogens is 4. The summed E-state index contributed by atoms with van der Waals surface area (Å²) in [6.07, 6.45) is 7.13. The maximum absolute atomic E-state index is 13.6. The molecule has 3 aromatic rings. The number of ether oxygens (including phenoxy) is 2. The first-order valence-electron chi connectivity index (χ1n) is 14.0. The highest BCUT2D eigenvalue weighted by atomic mass is 16.6. The van der Waals surface area contributed by atoms with Crippen LogP contribution in [0.2, 0.25) is 0 Å². The highest BCUT2D eigenvalue weighted by Gasteiger charge is 2.29. The van der Waals surface area contributed by atoms with E-state index < -0.39 is 17.7 Å². The van der Waals surface area contributed by atoms with Crippen molar-refractivity contribution in [2.75, 3.05) is 36.1 Å². The third kappa shape index (κ3) is 6.52. The molecule has 214 valence electrons. The fraction of sp³-hybridized carbons (Fsp3) is 0.552. The van der Waals surface area contributed by atoms with Gasteiger partial charge >= 0.3 is 12.1 Å². The minimum atomic E-state index is -1.02. The average molecular weight is 551 g/mol. The van der Waals surface area contributed by atoms with Crippen LogP contribution in [0.4, 0.5) is 16.6 Å². The van der Waals surface area contributed by atoms with Crippen molar-refractivity contribution in [3.8, 4) is 0 Å². The summed E-state index contributed by atoms with van der Waals surface area (Å²) in [7, 11) is 0.